The Morgan fingerprint density at radius 1 is 1.44 bits per heavy atom. The third-order valence-electron chi connectivity index (χ3n) is 3.64. The molecule has 2 aliphatic heterocycles. The molecule has 2 aliphatic rings. The summed E-state index contributed by atoms with van der Waals surface area (Å²) in [5.41, 5.74) is 2.30. The maximum absolute atomic E-state index is 12.1. The number of nitrogens with zero attached hydrogens (tertiary/aromatic N) is 1. The number of ether oxygens (including phenoxy) is 1. The predicted octanol–water partition coefficient (Wildman–Crippen LogP) is 1.94. The van der Waals surface area contributed by atoms with Crippen LogP contribution in [0.2, 0.25) is 0 Å². The van der Waals surface area contributed by atoms with Gasteiger partial charge < -0.3 is 10.1 Å². The Labute approximate surface area is 107 Å². The quantitative estimate of drug-likeness (QED) is 0.866. The maximum Gasteiger partial charge on any atom is 0.321 e. The van der Waals surface area contributed by atoms with Crippen molar-refractivity contribution in [2.75, 3.05) is 24.6 Å². The second kappa shape index (κ2) is 4.98. The molecule has 2 heterocycles. The van der Waals surface area contributed by atoms with Gasteiger partial charge in [-0.15, -0.1) is 0 Å². The first kappa shape index (κ1) is 11.5. The summed E-state index contributed by atoms with van der Waals surface area (Å²) < 4.78 is 5.50. The summed E-state index contributed by atoms with van der Waals surface area (Å²) >= 11 is 0. The molecule has 18 heavy (non-hydrogen) atoms. The number of anilines is 1. The molecule has 96 valence electrons. The summed E-state index contributed by atoms with van der Waals surface area (Å²) in [6.45, 7) is 2.22. The van der Waals surface area contributed by atoms with Gasteiger partial charge in [0.2, 0.25) is 0 Å². The molecular weight excluding hydrogens is 228 g/mol. The van der Waals surface area contributed by atoms with E-state index >= 15 is 0 Å². The van der Waals surface area contributed by atoms with E-state index in [0.29, 0.717) is 6.54 Å². The van der Waals surface area contributed by atoms with Gasteiger partial charge in [-0.05, 0) is 30.9 Å². The van der Waals surface area contributed by atoms with Crippen molar-refractivity contribution in [1.29, 1.82) is 0 Å². The van der Waals surface area contributed by atoms with E-state index < -0.39 is 0 Å². The Hall–Kier alpha value is -1.55. The van der Waals surface area contributed by atoms with Gasteiger partial charge >= 0.3 is 6.03 Å². The molecule has 0 radical (unpaired) electrons. The van der Waals surface area contributed by atoms with Gasteiger partial charge in [0.15, 0.2) is 0 Å². The number of urea groups is 1. The third-order valence-corrected chi connectivity index (χ3v) is 3.64. The second-order valence-electron chi connectivity index (χ2n) is 4.85. The van der Waals surface area contributed by atoms with Crippen LogP contribution in [0, 0.1) is 0 Å². The van der Waals surface area contributed by atoms with Gasteiger partial charge in [0.05, 0.1) is 6.10 Å². The Balaban J connectivity index is 1.60. The zero-order valence-electron chi connectivity index (χ0n) is 10.4. The fourth-order valence-electron chi connectivity index (χ4n) is 2.65. The van der Waals surface area contributed by atoms with E-state index in [2.05, 4.69) is 11.4 Å². The van der Waals surface area contributed by atoms with E-state index in [9.17, 15) is 4.79 Å². The van der Waals surface area contributed by atoms with E-state index in [1.54, 1.807) is 0 Å². The molecule has 1 unspecified atom stereocenters. The lowest BCUT2D eigenvalue weighted by Crippen LogP contribution is -2.42. The highest BCUT2D eigenvalue weighted by atomic mass is 16.5. The Morgan fingerprint density at radius 3 is 3.17 bits per heavy atom. The molecule has 2 amide bonds. The monoisotopic (exact) mass is 246 g/mol. The van der Waals surface area contributed by atoms with Crippen LogP contribution in [0.1, 0.15) is 18.4 Å². The lowest BCUT2D eigenvalue weighted by Gasteiger charge is -2.19. The number of hydrogen-bond donors (Lipinski definition) is 1. The summed E-state index contributed by atoms with van der Waals surface area (Å²) in [6, 6.07) is 8.09. The molecule has 1 fully saturated rings. The summed E-state index contributed by atoms with van der Waals surface area (Å²) in [5, 5.41) is 2.97. The summed E-state index contributed by atoms with van der Waals surface area (Å²) in [6.07, 6.45) is 3.31. The van der Waals surface area contributed by atoms with E-state index in [4.69, 9.17) is 4.74 Å². The standard InChI is InChI=1S/C14H18N2O2/c17-14(15-10-12-5-3-9-18-12)16-8-7-11-4-1-2-6-13(11)16/h1-2,4,6,12H,3,5,7-10H2,(H,15,17). The van der Waals surface area contributed by atoms with Gasteiger partial charge in [-0.2, -0.15) is 0 Å². The summed E-state index contributed by atoms with van der Waals surface area (Å²) in [7, 11) is 0. The van der Waals surface area contributed by atoms with Crippen LogP contribution in [0.3, 0.4) is 0 Å². The van der Waals surface area contributed by atoms with Crippen LogP contribution in [-0.2, 0) is 11.2 Å². The van der Waals surface area contributed by atoms with E-state index in [1.165, 1.54) is 5.56 Å². The number of benzene rings is 1. The van der Waals surface area contributed by atoms with Crippen LogP contribution in [0.25, 0.3) is 0 Å². The van der Waals surface area contributed by atoms with Gasteiger partial charge in [-0.25, -0.2) is 4.79 Å². The minimum atomic E-state index is -0.00421. The molecule has 0 aromatic heterocycles. The Morgan fingerprint density at radius 2 is 2.33 bits per heavy atom. The first-order valence-electron chi connectivity index (χ1n) is 6.59. The smallest absolute Gasteiger partial charge is 0.321 e. The number of carbonyl (C=O) groups is 1. The van der Waals surface area contributed by atoms with Crippen molar-refractivity contribution in [3.8, 4) is 0 Å². The van der Waals surface area contributed by atoms with Gasteiger partial charge in [-0.3, -0.25) is 4.90 Å². The molecule has 1 saturated heterocycles. The van der Waals surface area contributed by atoms with Crippen LogP contribution >= 0.6 is 0 Å². The molecule has 4 heteroatoms. The molecule has 4 nitrogen and oxygen atoms in total. The molecule has 1 atom stereocenters. The van der Waals surface area contributed by atoms with Gasteiger partial charge in [0, 0.05) is 25.4 Å². The molecule has 0 saturated carbocycles. The summed E-state index contributed by atoms with van der Waals surface area (Å²) in [4.78, 5) is 13.9. The van der Waals surface area contributed by atoms with Crippen molar-refractivity contribution in [1.82, 2.24) is 5.32 Å². The largest absolute Gasteiger partial charge is 0.376 e. The fourth-order valence-corrected chi connectivity index (χ4v) is 2.65. The van der Waals surface area contributed by atoms with Crippen molar-refractivity contribution in [3.05, 3.63) is 29.8 Å². The van der Waals surface area contributed by atoms with E-state index in [-0.39, 0.29) is 12.1 Å². The Kier molecular flexibility index (Phi) is 3.19. The normalized spacial score (nSPS) is 22.0. The number of para-hydroxylation sites is 1. The van der Waals surface area contributed by atoms with Crippen molar-refractivity contribution in [2.24, 2.45) is 0 Å². The highest BCUT2D eigenvalue weighted by Crippen LogP contribution is 2.27. The average molecular weight is 246 g/mol. The number of fused-ring (bicyclic) bond motifs is 1. The van der Waals surface area contributed by atoms with Gasteiger partial charge in [0.25, 0.3) is 0 Å². The fraction of sp³-hybridized carbons (Fsp3) is 0.500. The average Bonchev–Trinajstić information content (AvgIpc) is 3.05. The first-order chi connectivity index (χ1) is 8.84. The molecule has 1 N–H and O–H groups in total. The van der Waals surface area contributed by atoms with Crippen LogP contribution in [0.15, 0.2) is 24.3 Å². The first-order valence-corrected chi connectivity index (χ1v) is 6.59. The molecule has 0 aliphatic carbocycles. The van der Waals surface area contributed by atoms with Gasteiger partial charge in [0.1, 0.15) is 0 Å². The lowest BCUT2D eigenvalue weighted by molar-refractivity contribution is 0.111. The SMILES string of the molecule is O=C(NCC1CCCO1)N1CCc2ccccc21. The van der Waals surface area contributed by atoms with E-state index in [0.717, 1.165) is 38.1 Å². The van der Waals surface area contributed by atoms with Crippen LogP contribution in [0.5, 0.6) is 0 Å². The van der Waals surface area contributed by atoms with Crippen molar-refractivity contribution < 1.29 is 9.53 Å². The highest BCUT2D eigenvalue weighted by Gasteiger charge is 2.25. The van der Waals surface area contributed by atoms with Gasteiger partial charge in [-0.1, -0.05) is 18.2 Å². The molecule has 1 aromatic carbocycles. The van der Waals surface area contributed by atoms with E-state index in [1.807, 2.05) is 23.1 Å². The zero-order chi connectivity index (χ0) is 12.4. The van der Waals surface area contributed by atoms with Crippen molar-refractivity contribution in [2.45, 2.75) is 25.4 Å². The van der Waals surface area contributed by atoms with Crippen molar-refractivity contribution >= 4 is 11.7 Å². The molecule has 3 rings (SSSR count). The summed E-state index contributed by atoms with van der Waals surface area (Å²) in [5.74, 6) is 0. The number of rotatable bonds is 2. The third kappa shape index (κ3) is 2.20. The zero-order valence-corrected chi connectivity index (χ0v) is 10.4. The van der Waals surface area contributed by atoms with Crippen LogP contribution in [-0.4, -0.2) is 31.8 Å². The molecule has 0 spiro atoms. The minimum Gasteiger partial charge on any atom is -0.376 e. The predicted molar refractivity (Wildman–Crippen MR) is 69.9 cm³/mol. The second-order valence-corrected chi connectivity index (χ2v) is 4.85. The molecule has 1 aromatic rings. The number of hydrogen-bond acceptors (Lipinski definition) is 2. The number of amides is 2. The Bertz CT molecular complexity index is 441. The van der Waals surface area contributed by atoms with Crippen molar-refractivity contribution in [3.63, 3.8) is 0 Å². The minimum absolute atomic E-state index is 0.00421. The topological polar surface area (TPSA) is 41.6 Å². The highest BCUT2D eigenvalue weighted by molar-refractivity contribution is 5.94. The molecular formula is C14H18N2O2. The molecule has 0 bridgehead atoms. The maximum atomic E-state index is 12.1. The van der Waals surface area contributed by atoms with Crippen LogP contribution < -0.4 is 10.2 Å². The lowest BCUT2D eigenvalue weighted by atomic mass is 10.2. The number of carbonyl (C=O) groups excluding carboxylic acids is 1. The number of nitrogens with one attached hydrogen (secondary N) is 1. The van der Waals surface area contributed by atoms with Crippen LogP contribution in [0.4, 0.5) is 10.5 Å².